The number of carbonyl (C=O) groups is 2. The van der Waals surface area contributed by atoms with Crippen molar-refractivity contribution in [2.45, 2.75) is 24.7 Å². The van der Waals surface area contributed by atoms with Gasteiger partial charge >= 0.3 is 12.2 Å². The zero-order valence-corrected chi connectivity index (χ0v) is 23.0. The molecule has 3 aliphatic rings. The van der Waals surface area contributed by atoms with Crippen LogP contribution in [0.3, 0.4) is 0 Å². The second-order valence-electron chi connectivity index (χ2n) is 11.0. The van der Waals surface area contributed by atoms with Crippen LogP contribution in [0, 0.1) is 0 Å². The van der Waals surface area contributed by atoms with Crippen LogP contribution in [-0.4, -0.2) is 70.1 Å². The first-order valence-corrected chi connectivity index (χ1v) is 14.3. The maximum atomic E-state index is 12.9. The minimum atomic E-state index is -0.902. The van der Waals surface area contributed by atoms with Crippen molar-refractivity contribution in [2.75, 3.05) is 32.8 Å². The van der Waals surface area contributed by atoms with Crippen LogP contribution in [0.5, 0.6) is 0 Å². The standard InChI is InChI=1S/C33H30N4O5/c38-32(39)36-16-14-22(15-17-36)29(21-8-2-1-3-9-21)31-35-34-30(42-31)23-18-37(19-23)33(40)41-20-28-26-12-6-4-10-24(26)25-11-5-7-13-27(25)28/h1-13,23,28H,14-20H2,(H,38,39). The number of aromatic nitrogens is 2. The van der Waals surface area contributed by atoms with Crippen molar-refractivity contribution in [2.24, 2.45) is 0 Å². The SMILES string of the molecule is O=C(O)N1CCC(=C(c2ccccc2)c2nnc(C3CN(C(=O)OCC4c5ccccc5-c5ccccc54)C3)o2)CC1. The fourth-order valence-corrected chi connectivity index (χ4v) is 6.27. The predicted octanol–water partition coefficient (Wildman–Crippen LogP) is 5.99. The minimum absolute atomic E-state index is 0.0173. The second kappa shape index (κ2) is 10.8. The lowest BCUT2D eigenvalue weighted by Crippen LogP contribution is -2.49. The van der Waals surface area contributed by atoms with E-state index in [1.54, 1.807) is 4.90 Å². The van der Waals surface area contributed by atoms with Crippen LogP contribution in [0.4, 0.5) is 9.59 Å². The summed E-state index contributed by atoms with van der Waals surface area (Å²) in [6, 6.07) is 26.4. The van der Waals surface area contributed by atoms with Crippen LogP contribution in [0.2, 0.25) is 0 Å². The molecule has 1 aliphatic carbocycles. The van der Waals surface area contributed by atoms with Gasteiger partial charge in [0.05, 0.1) is 5.92 Å². The molecule has 212 valence electrons. The van der Waals surface area contributed by atoms with Crippen LogP contribution in [0.1, 0.15) is 53.1 Å². The number of fused-ring (bicyclic) bond motifs is 3. The monoisotopic (exact) mass is 562 g/mol. The van der Waals surface area contributed by atoms with E-state index >= 15 is 0 Å². The maximum Gasteiger partial charge on any atom is 0.409 e. The number of carbonyl (C=O) groups excluding carboxylic acids is 1. The molecule has 0 saturated carbocycles. The van der Waals surface area contributed by atoms with E-state index in [-0.39, 0.29) is 24.5 Å². The van der Waals surface area contributed by atoms with Crippen molar-refractivity contribution in [1.82, 2.24) is 20.0 Å². The first-order chi connectivity index (χ1) is 20.6. The summed E-state index contributed by atoms with van der Waals surface area (Å²) in [7, 11) is 0. The Balaban J connectivity index is 1.02. The summed E-state index contributed by atoms with van der Waals surface area (Å²) in [5.41, 5.74) is 7.69. The summed E-state index contributed by atoms with van der Waals surface area (Å²) in [4.78, 5) is 27.4. The highest BCUT2D eigenvalue weighted by Crippen LogP contribution is 2.44. The largest absolute Gasteiger partial charge is 0.465 e. The van der Waals surface area contributed by atoms with Gasteiger partial charge in [-0.2, -0.15) is 0 Å². The van der Waals surface area contributed by atoms with Crippen molar-refractivity contribution in [3.63, 3.8) is 0 Å². The van der Waals surface area contributed by atoms with Gasteiger partial charge < -0.3 is 24.1 Å². The summed E-state index contributed by atoms with van der Waals surface area (Å²) in [6.45, 7) is 2.04. The van der Waals surface area contributed by atoms with Gasteiger partial charge in [-0.15, -0.1) is 10.2 Å². The van der Waals surface area contributed by atoms with E-state index in [2.05, 4.69) is 34.5 Å². The molecule has 0 bridgehead atoms. The Morgan fingerprint density at radius 1 is 0.833 bits per heavy atom. The molecule has 4 aromatic rings. The van der Waals surface area contributed by atoms with Gasteiger partial charge in [-0.3, -0.25) is 0 Å². The highest BCUT2D eigenvalue weighted by molar-refractivity contribution is 5.80. The molecule has 3 heterocycles. The van der Waals surface area contributed by atoms with Gasteiger partial charge in [-0.25, -0.2) is 9.59 Å². The molecule has 3 aromatic carbocycles. The van der Waals surface area contributed by atoms with Crippen LogP contribution in [-0.2, 0) is 4.74 Å². The lowest BCUT2D eigenvalue weighted by atomic mass is 9.93. The quantitative estimate of drug-likeness (QED) is 0.318. The third-order valence-electron chi connectivity index (χ3n) is 8.53. The van der Waals surface area contributed by atoms with Crippen LogP contribution < -0.4 is 0 Å². The van der Waals surface area contributed by atoms with E-state index in [0.717, 1.165) is 16.7 Å². The van der Waals surface area contributed by atoms with E-state index < -0.39 is 6.09 Å². The summed E-state index contributed by atoms with van der Waals surface area (Å²) in [6.07, 6.45) is -0.0352. The van der Waals surface area contributed by atoms with Crippen molar-refractivity contribution in [3.8, 4) is 11.1 Å². The fourth-order valence-electron chi connectivity index (χ4n) is 6.27. The van der Waals surface area contributed by atoms with E-state index in [4.69, 9.17) is 9.15 Å². The molecule has 9 heteroatoms. The van der Waals surface area contributed by atoms with E-state index in [1.807, 2.05) is 54.6 Å². The van der Waals surface area contributed by atoms with Gasteiger partial charge in [0.1, 0.15) is 6.61 Å². The zero-order valence-electron chi connectivity index (χ0n) is 23.0. The topological polar surface area (TPSA) is 109 Å². The maximum absolute atomic E-state index is 12.9. The average Bonchev–Trinajstić information content (AvgIpc) is 3.59. The molecular weight excluding hydrogens is 532 g/mol. The molecule has 1 aromatic heterocycles. The Hall–Kier alpha value is -4.92. The Kier molecular flexibility index (Phi) is 6.70. The minimum Gasteiger partial charge on any atom is -0.465 e. The molecule has 0 unspecified atom stereocenters. The lowest BCUT2D eigenvalue weighted by molar-refractivity contribution is 0.0647. The first kappa shape index (κ1) is 26.0. The summed E-state index contributed by atoms with van der Waals surface area (Å²) < 4.78 is 12.0. The number of hydrogen-bond donors (Lipinski definition) is 1. The molecule has 2 fully saturated rings. The molecular formula is C33H30N4O5. The first-order valence-electron chi connectivity index (χ1n) is 14.3. The van der Waals surface area contributed by atoms with E-state index in [1.165, 1.54) is 27.2 Å². The normalized spacial score (nSPS) is 16.5. The van der Waals surface area contributed by atoms with E-state index in [9.17, 15) is 14.7 Å². The molecule has 2 saturated heterocycles. The molecule has 0 radical (unpaired) electrons. The lowest BCUT2D eigenvalue weighted by Gasteiger charge is -2.36. The number of piperidine rings is 1. The smallest absolute Gasteiger partial charge is 0.409 e. The number of rotatable bonds is 5. The number of likely N-dealkylation sites (tertiary alicyclic amines) is 2. The van der Waals surface area contributed by atoms with Crippen molar-refractivity contribution in [1.29, 1.82) is 0 Å². The van der Waals surface area contributed by atoms with Gasteiger partial charge in [0.15, 0.2) is 0 Å². The molecule has 1 N–H and O–H groups in total. The zero-order chi connectivity index (χ0) is 28.6. The van der Waals surface area contributed by atoms with Crippen molar-refractivity contribution >= 4 is 17.8 Å². The Morgan fingerprint density at radius 2 is 1.45 bits per heavy atom. The van der Waals surface area contributed by atoms with Crippen LogP contribution in [0.15, 0.2) is 88.9 Å². The summed E-state index contributed by atoms with van der Waals surface area (Å²) in [5, 5.41) is 18.1. The molecule has 0 spiro atoms. The average molecular weight is 563 g/mol. The highest BCUT2D eigenvalue weighted by Gasteiger charge is 2.38. The number of ether oxygens (including phenoxy) is 1. The second-order valence-corrected chi connectivity index (χ2v) is 11.0. The van der Waals surface area contributed by atoms with E-state index in [0.29, 0.717) is 50.8 Å². The predicted molar refractivity (Wildman–Crippen MR) is 155 cm³/mol. The number of benzene rings is 3. The molecule has 0 atom stereocenters. The van der Waals surface area contributed by atoms with Gasteiger partial charge in [0.25, 0.3) is 0 Å². The summed E-state index contributed by atoms with van der Waals surface area (Å²) >= 11 is 0. The molecule has 9 nitrogen and oxygen atoms in total. The number of hydrogen-bond acceptors (Lipinski definition) is 6. The van der Waals surface area contributed by atoms with Gasteiger partial charge in [-0.05, 0) is 40.7 Å². The third kappa shape index (κ3) is 4.70. The summed E-state index contributed by atoms with van der Waals surface area (Å²) in [5.74, 6) is 0.866. The number of amides is 2. The van der Waals surface area contributed by atoms with Crippen molar-refractivity contribution < 1.29 is 23.8 Å². The number of carboxylic acid groups (broad SMARTS) is 1. The fraction of sp³-hybridized carbons (Fsp3) is 0.273. The molecule has 2 aliphatic heterocycles. The Bertz CT molecular complexity index is 1620. The Morgan fingerprint density at radius 3 is 2.10 bits per heavy atom. The van der Waals surface area contributed by atoms with Crippen LogP contribution >= 0.6 is 0 Å². The molecule has 2 amide bonds. The molecule has 42 heavy (non-hydrogen) atoms. The van der Waals surface area contributed by atoms with Gasteiger partial charge in [0.2, 0.25) is 11.8 Å². The highest BCUT2D eigenvalue weighted by atomic mass is 16.6. The number of nitrogens with zero attached hydrogens (tertiary/aromatic N) is 4. The van der Waals surface area contributed by atoms with Gasteiger partial charge in [0, 0.05) is 37.7 Å². The van der Waals surface area contributed by atoms with Gasteiger partial charge in [-0.1, -0.05) is 84.4 Å². The third-order valence-corrected chi connectivity index (χ3v) is 8.53. The Labute approximate surface area is 243 Å². The van der Waals surface area contributed by atoms with Crippen LogP contribution in [0.25, 0.3) is 16.7 Å². The van der Waals surface area contributed by atoms with Crippen molar-refractivity contribution in [3.05, 3.63) is 113 Å². The molecule has 7 rings (SSSR count).